The number of nitrogens with two attached hydrogens (primary N) is 1. The van der Waals surface area contributed by atoms with Crippen LogP contribution in [0.3, 0.4) is 0 Å². The highest BCUT2D eigenvalue weighted by Gasteiger charge is 2.10. The highest BCUT2D eigenvalue weighted by Crippen LogP contribution is 2.28. The summed E-state index contributed by atoms with van der Waals surface area (Å²) >= 11 is 0. The first kappa shape index (κ1) is 21.1. The molecule has 7 heteroatoms. The van der Waals surface area contributed by atoms with Crippen molar-refractivity contribution in [1.29, 1.82) is 0 Å². The zero-order valence-corrected chi connectivity index (χ0v) is 17.3. The molecule has 2 aromatic carbocycles. The fourth-order valence-electron chi connectivity index (χ4n) is 2.91. The van der Waals surface area contributed by atoms with E-state index >= 15 is 0 Å². The van der Waals surface area contributed by atoms with Gasteiger partial charge in [-0.25, -0.2) is 14.8 Å². The largest absolute Gasteiger partial charge is 0.462 e. The first-order valence-electron chi connectivity index (χ1n) is 10.1. The molecule has 0 spiro atoms. The van der Waals surface area contributed by atoms with E-state index in [1.807, 2.05) is 12.1 Å². The summed E-state index contributed by atoms with van der Waals surface area (Å²) in [6.07, 6.45) is 4.89. The lowest BCUT2D eigenvalue weighted by atomic mass is 10.1. The van der Waals surface area contributed by atoms with Gasteiger partial charge in [0.2, 0.25) is 0 Å². The fourth-order valence-corrected chi connectivity index (χ4v) is 2.91. The van der Waals surface area contributed by atoms with Crippen LogP contribution in [0.1, 0.15) is 42.6 Å². The molecule has 4 N–H and O–H groups in total. The predicted molar refractivity (Wildman–Crippen MR) is 120 cm³/mol. The number of hydrogen-bond acceptors (Lipinski definition) is 7. The third kappa shape index (κ3) is 5.47. The molecule has 0 fully saturated rings. The lowest BCUT2D eigenvalue weighted by Crippen LogP contribution is -2.06. The van der Waals surface area contributed by atoms with Crippen LogP contribution in [-0.4, -0.2) is 22.5 Å². The summed E-state index contributed by atoms with van der Waals surface area (Å²) in [7, 11) is 0. The molecule has 0 atom stereocenters. The zero-order valence-electron chi connectivity index (χ0n) is 17.3. The number of carbonyl (C=O) groups excluding carboxylic acids is 1. The molecular weight excluding hydrogens is 378 g/mol. The molecule has 30 heavy (non-hydrogen) atoms. The van der Waals surface area contributed by atoms with E-state index in [9.17, 15) is 4.79 Å². The van der Waals surface area contributed by atoms with Crippen molar-refractivity contribution in [2.24, 2.45) is 0 Å². The topological polar surface area (TPSA) is 102 Å². The fraction of sp³-hybridized carbons (Fsp3) is 0.261. The van der Waals surface area contributed by atoms with Gasteiger partial charge in [-0.1, -0.05) is 25.5 Å². The highest BCUT2D eigenvalue weighted by atomic mass is 16.5. The van der Waals surface area contributed by atoms with Gasteiger partial charge in [0.15, 0.2) is 11.6 Å². The summed E-state index contributed by atoms with van der Waals surface area (Å²) in [4.78, 5) is 20.3. The van der Waals surface area contributed by atoms with Crippen molar-refractivity contribution in [3.8, 4) is 0 Å². The molecular formula is C23H27N5O2. The van der Waals surface area contributed by atoms with Crippen molar-refractivity contribution in [3.63, 3.8) is 0 Å². The predicted octanol–water partition coefficient (Wildman–Crippen LogP) is 5.07. The third-order valence-corrected chi connectivity index (χ3v) is 4.58. The Morgan fingerprint density at radius 2 is 1.50 bits per heavy atom. The molecule has 0 radical (unpaired) electrons. The van der Waals surface area contributed by atoms with Crippen LogP contribution < -0.4 is 16.4 Å². The van der Waals surface area contributed by atoms with E-state index in [-0.39, 0.29) is 5.97 Å². The quantitative estimate of drug-likeness (QED) is 0.427. The molecule has 0 saturated heterocycles. The maximum atomic E-state index is 11.8. The van der Waals surface area contributed by atoms with Crippen molar-refractivity contribution in [2.45, 2.75) is 33.1 Å². The van der Waals surface area contributed by atoms with E-state index in [4.69, 9.17) is 10.5 Å². The van der Waals surface area contributed by atoms with E-state index in [1.54, 1.807) is 31.2 Å². The summed E-state index contributed by atoms with van der Waals surface area (Å²) in [6, 6.07) is 15.2. The van der Waals surface area contributed by atoms with Gasteiger partial charge >= 0.3 is 5.97 Å². The second kappa shape index (κ2) is 10.2. The Morgan fingerprint density at radius 1 is 0.933 bits per heavy atom. The maximum Gasteiger partial charge on any atom is 0.338 e. The number of nitrogens with zero attached hydrogens (tertiary/aromatic N) is 2. The van der Waals surface area contributed by atoms with Crippen LogP contribution in [0.5, 0.6) is 0 Å². The SMILES string of the molecule is CCCCc1ccc(Nc2ncnc(Nc3ccc(C(=O)OCC)cc3)c2N)cc1. The molecule has 1 aromatic heterocycles. The standard InChI is InChI=1S/C23H27N5O2/c1-3-5-6-16-7-11-18(12-8-16)27-21-20(24)22(26-15-25-21)28-19-13-9-17(10-14-19)23(29)30-4-2/h7-15H,3-6,24H2,1-2H3,(H2,25,26,27,28). The van der Waals surface area contributed by atoms with Crippen LogP contribution >= 0.6 is 0 Å². The summed E-state index contributed by atoms with van der Waals surface area (Å²) in [5, 5.41) is 6.40. The Balaban J connectivity index is 1.69. The molecule has 0 unspecified atom stereocenters. The summed E-state index contributed by atoms with van der Waals surface area (Å²) in [6.45, 7) is 4.31. The molecule has 1 heterocycles. The number of unbranched alkanes of at least 4 members (excludes halogenated alkanes) is 1. The minimum absolute atomic E-state index is 0.341. The van der Waals surface area contributed by atoms with Gasteiger partial charge in [0.05, 0.1) is 12.2 Å². The Kier molecular flexibility index (Phi) is 7.21. The van der Waals surface area contributed by atoms with E-state index < -0.39 is 0 Å². The van der Waals surface area contributed by atoms with Crippen LogP contribution in [0, 0.1) is 0 Å². The Hall–Kier alpha value is -3.61. The van der Waals surface area contributed by atoms with Crippen LogP contribution in [0.2, 0.25) is 0 Å². The normalized spacial score (nSPS) is 10.5. The molecule has 3 aromatic rings. The molecule has 0 amide bonds. The summed E-state index contributed by atoms with van der Waals surface area (Å²) < 4.78 is 5.00. The van der Waals surface area contributed by atoms with Gasteiger partial charge in [-0.15, -0.1) is 0 Å². The first-order chi connectivity index (χ1) is 14.6. The van der Waals surface area contributed by atoms with E-state index in [0.29, 0.717) is 29.5 Å². The smallest absolute Gasteiger partial charge is 0.338 e. The molecule has 0 bridgehead atoms. The number of ether oxygens (including phenoxy) is 1. The van der Waals surface area contributed by atoms with Crippen LogP contribution in [0.4, 0.5) is 28.7 Å². The van der Waals surface area contributed by atoms with Gasteiger partial charge in [-0.05, 0) is 61.7 Å². The number of rotatable bonds is 9. The number of esters is 1. The monoisotopic (exact) mass is 405 g/mol. The minimum atomic E-state index is -0.349. The molecule has 3 rings (SSSR count). The first-order valence-corrected chi connectivity index (χ1v) is 10.1. The Labute approximate surface area is 176 Å². The maximum absolute atomic E-state index is 11.8. The van der Waals surface area contributed by atoms with Gasteiger partial charge in [0, 0.05) is 11.4 Å². The highest BCUT2D eigenvalue weighted by molar-refractivity contribution is 5.90. The summed E-state index contributed by atoms with van der Waals surface area (Å²) in [5.41, 5.74) is 10.1. The second-order valence-electron chi connectivity index (χ2n) is 6.83. The third-order valence-electron chi connectivity index (χ3n) is 4.58. The molecule has 0 aliphatic heterocycles. The van der Waals surface area contributed by atoms with E-state index in [2.05, 4.69) is 39.7 Å². The average molecular weight is 406 g/mol. The number of aryl methyl sites for hydroxylation is 1. The molecule has 156 valence electrons. The van der Waals surface area contributed by atoms with Crippen molar-refractivity contribution >= 4 is 34.7 Å². The van der Waals surface area contributed by atoms with Gasteiger partial charge in [0.25, 0.3) is 0 Å². The number of hydrogen-bond donors (Lipinski definition) is 3. The number of anilines is 5. The van der Waals surface area contributed by atoms with Crippen molar-refractivity contribution in [2.75, 3.05) is 23.0 Å². The second-order valence-corrected chi connectivity index (χ2v) is 6.83. The van der Waals surface area contributed by atoms with E-state index in [0.717, 1.165) is 17.8 Å². The molecule has 0 aliphatic carbocycles. The van der Waals surface area contributed by atoms with Gasteiger partial charge in [-0.3, -0.25) is 0 Å². The van der Waals surface area contributed by atoms with Gasteiger partial charge in [0.1, 0.15) is 12.0 Å². The lowest BCUT2D eigenvalue weighted by molar-refractivity contribution is 0.0526. The van der Waals surface area contributed by atoms with Crippen molar-refractivity contribution in [1.82, 2.24) is 9.97 Å². The zero-order chi connectivity index (χ0) is 21.3. The molecule has 7 nitrogen and oxygen atoms in total. The van der Waals surface area contributed by atoms with Gasteiger partial charge < -0.3 is 21.1 Å². The van der Waals surface area contributed by atoms with E-state index in [1.165, 1.54) is 24.7 Å². The van der Waals surface area contributed by atoms with Crippen LogP contribution in [-0.2, 0) is 11.2 Å². The number of carbonyl (C=O) groups is 1. The van der Waals surface area contributed by atoms with Gasteiger partial charge in [-0.2, -0.15) is 0 Å². The van der Waals surface area contributed by atoms with Crippen LogP contribution in [0.25, 0.3) is 0 Å². The average Bonchev–Trinajstić information content (AvgIpc) is 2.76. The van der Waals surface area contributed by atoms with Crippen LogP contribution in [0.15, 0.2) is 54.9 Å². The Bertz CT molecular complexity index is 972. The minimum Gasteiger partial charge on any atom is -0.462 e. The number of benzene rings is 2. The number of nitrogens with one attached hydrogen (secondary N) is 2. The molecule has 0 aliphatic rings. The lowest BCUT2D eigenvalue weighted by Gasteiger charge is -2.13. The Morgan fingerprint density at radius 3 is 2.03 bits per heavy atom. The number of nitrogen functional groups attached to an aromatic ring is 1. The summed E-state index contributed by atoms with van der Waals surface area (Å²) in [5.74, 6) is 0.658. The van der Waals surface area contributed by atoms with Crippen molar-refractivity contribution < 1.29 is 9.53 Å². The number of aromatic nitrogens is 2. The van der Waals surface area contributed by atoms with Crippen molar-refractivity contribution in [3.05, 3.63) is 66.0 Å². The molecule has 0 saturated carbocycles.